The van der Waals surface area contributed by atoms with E-state index in [-0.39, 0.29) is 11.9 Å². The summed E-state index contributed by atoms with van der Waals surface area (Å²) < 4.78 is 5.12. The lowest BCUT2D eigenvalue weighted by atomic mass is 10.1. The van der Waals surface area contributed by atoms with E-state index in [0.717, 1.165) is 12.8 Å². The van der Waals surface area contributed by atoms with E-state index in [1.807, 2.05) is 32.0 Å². The van der Waals surface area contributed by atoms with Crippen LogP contribution >= 0.6 is 0 Å². The van der Waals surface area contributed by atoms with Crippen LogP contribution in [0.15, 0.2) is 30.3 Å². The number of hydrogen-bond donors (Lipinski definition) is 1. The van der Waals surface area contributed by atoms with E-state index >= 15 is 0 Å². The molecule has 0 aliphatic rings. The predicted octanol–water partition coefficient (Wildman–Crippen LogP) is 2.15. The monoisotopic (exact) mass is 235 g/mol. The molecule has 0 bridgehead atoms. The summed E-state index contributed by atoms with van der Waals surface area (Å²) in [5.41, 5.74) is 6.94. The van der Waals surface area contributed by atoms with Gasteiger partial charge >= 0.3 is 5.97 Å². The Hall–Kier alpha value is -1.35. The molecule has 17 heavy (non-hydrogen) atoms. The topological polar surface area (TPSA) is 52.3 Å². The average molecular weight is 235 g/mol. The molecule has 94 valence electrons. The van der Waals surface area contributed by atoms with Crippen LogP contribution in [0.25, 0.3) is 0 Å². The highest BCUT2D eigenvalue weighted by Crippen LogP contribution is 2.04. The van der Waals surface area contributed by atoms with Crippen molar-refractivity contribution in [2.75, 3.05) is 6.61 Å². The van der Waals surface area contributed by atoms with Crippen LogP contribution in [0.5, 0.6) is 0 Å². The minimum absolute atomic E-state index is 0.122. The lowest BCUT2D eigenvalue weighted by Gasteiger charge is -2.14. The van der Waals surface area contributed by atoms with E-state index in [1.54, 1.807) is 0 Å². The molecule has 1 aromatic rings. The molecule has 0 aliphatic carbocycles. The van der Waals surface area contributed by atoms with E-state index in [2.05, 4.69) is 12.1 Å². The SMILES string of the molecule is CC(C)C(N)C(=O)OCCCc1ccccc1. The zero-order chi connectivity index (χ0) is 12.7. The lowest BCUT2D eigenvalue weighted by molar-refractivity contribution is -0.146. The van der Waals surface area contributed by atoms with Crippen LogP contribution in [0, 0.1) is 5.92 Å². The molecule has 0 saturated heterocycles. The Bertz CT molecular complexity index is 335. The van der Waals surface area contributed by atoms with Crippen LogP contribution in [0.4, 0.5) is 0 Å². The molecule has 1 rings (SSSR count). The fourth-order valence-electron chi connectivity index (χ4n) is 1.46. The third-order valence-corrected chi connectivity index (χ3v) is 2.69. The molecule has 3 nitrogen and oxygen atoms in total. The van der Waals surface area contributed by atoms with Gasteiger partial charge in [-0.05, 0) is 24.3 Å². The number of carbonyl (C=O) groups excluding carboxylic acids is 1. The quantitative estimate of drug-likeness (QED) is 0.607. The van der Waals surface area contributed by atoms with Crippen molar-refractivity contribution >= 4 is 5.97 Å². The van der Waals surface area contributed by atoms with Crippen molar-refractivity contribution in [3.63, 3.8) is 0 Å². The van der Waals surface area contributed by atoms with Crippen molar-refractivity contribution in [1.82, 2.24) is 0 Å². The molecule has 1 aromatic carbocycles. The first-order valence-electron chi connectivity index (χ1n) is 6.07. The Morgan fingerprint density at radius 1 is 1.29 bits per heavy atom. The second-order valence-electron chi connectivity index (χ2n) is 4.53. The normalized spacial score (nSPS) is 12.5. The van der Waals surface area contributed by atoms with Gasteiger partial charge in [0.05, 0.1) is 6.61 Å². The minimum Gasteiger partial charge on any atom is -0.465 e. The Kier molecular flexibility index (Phi) is 5.70. The lowest BCUT2D eigenvalue weighted by Crippen LogP contribution is -2.37. The largest absolute Gasteiger partial charge is 0.465 e. The van der Waals surface area contributed by atoms with E-state index in [9.17, 15) is 4.79 Å². The van der Waals surface area contributed by atoms with Gasteiger partial charge in [0.2, 0.25) is 0 Å². The number of ether oxygens (including phenoxy) is 1. The van der Waals surface area contributed by atoms with Crippen molar-refractivity contribution in [1.29, 1.82) is 0 Å². The number of rotatable bonds is 6. The highest BCUT2D eigenvalue weighted by Gasteiger charge is 2.18. The van der Waals surface area contributed by atoms with Gasteiger partial charge < -0.3 is 10.5 Å². The van der Waals surface area contributed by atoms with Crippen molar-refractivity contribution in [2.45, 2.75) is 32.7 Å². The molecule has 1 atom stereocenters. The van der Waals surface area contributed by atoms with E-state index in [4.69, 9.17) is 10.5 Å². The van der Waals surface area contributed by atoms with Crippen LogP contribution in [-0.4, -0.2) is 18.6 Å². The first kappa shape index (κ1) is 13.7. The Morgan fingerprint density at radius 2 is 1.94 bits per heavy atom. The first-order valence-corrected chi connectivity index (χ1v) is 6.07. The molecule has 0 fully saturated rings. The fraction of sp³-hybridized carbons (Fsp3) is 0.500. The molecular formula is C14H21NO2. The molecule has 1 unspecified atom stereocenters. The van der Waals surface area contributed by atoms with Crippen molar-refractivity contribution in [3.8, 4) is 0 Å². The van der Waals surface area contributed by atoms with Gasteiger partial charge in [-0.3, -0.25) is 4.79 Å². The van der Waals surface area contributed by atoms with Crippen molar-refractivity contribution < 1.29 is 9.53 Å². The molecule has 0 saturated carbocycles. The highest BCUT2D eigenvalue weighted by molar-refractivity contribution is 5.75. The Balaban J connectivity index is 2.18. The molecule has 2 N–H and O–H groups in total. The first-order chi connectivity index (χ1) is 8.11. The maximum Gasteiger partial charge on any atom is 0.323 e. The van der Waals surface area contributed by atoms with Crippen molar-refractivity contribution in [3.05, 3.63) is 35.9 Å². The second-order valence-corrected chi connectivity index (χ2v) is 4.53. The molecule has 0 heterocycles. The summed E-state index contributed by atoms with van der Waals surface area (Å²) in [6.07, 6.45) is 1.76. The molecule has 0 aromatic heterocycles. The fourth-order valence-corrected chi connectivity index (χ4v) is 1.46. The van der Waals surface area contributed by atoms with E-state index in [0.29, 0.717) is 6.61 Å². The van der Waals surface area contributed by atoms with Gasteiger partial charge in [-0.1, -0.05) is 44.2 Å². The third-order valence-electron chi connectivity index (χ3n) is 2.69. The summed E-state index contributed by atoms with van der Waals surface area (Å²) in [4.78, 5) is 11.4. The van der Waals surface area contributed by atoms with Crippen molar-refractivity contribution in [2.24, 2.45) is 11.7 Å². The molecular weight excluding hydrogens is 214 g/mol. The summed E-state index contributed by atoms with van der Waals surface area (Å²) >= 11 is 0. The standard InChI is InChI=1S/C14H21NO2/c1-11(2)13(15)14(16)17-10-6-9-12-7-4-3-5-8-12/h3-5,7-8,11,13H,6,9-10,15H2,1-2H3. The Morgan fingerprint density at radius 3 is 2.53 bits per heavy atom. The van der Waals surface area contributed by atoms with Crippen LogP contribution < -0.4 is 5.73 Å². The van der Waals surface area contributed by atoms with E-state index < -0.39 is 6.04 Å². The maximum absolute atomic E-state index is 11.4. The van der Waals surface area contributed by atoms with Gasteiger partial charge in [0.1, 0.15) is 6.04 Å². The Labute approximate surface area is 103 Å². The third kappa shape index (κ3) is 5.00. The molecule has 0 spiro atoms. The number of aryl methyl sites for hydroxylation is 1. The number of esters is 1. The molecule has 0 aliphatic heterocycles. The minimum atomic E-state index is -0.508. The van der Waals surface area contributed by atoms with Crippen LogP contribution in [0.3, 0.4) is 0 Å². The zero-order valence-electron chi connectivity index (χ0n) is 10.6. The molecule has 0 radical (unpaired) electrons. The predicted molar refractivity (Wildman–Crippen MR) is 68.5 cm³/mol. The van der Waals surface area contributed by atoms with Gasteiger partial charge in [-0.25, -0.2) is 0 Å². The summed E-state index contributed by atoms with van der Waals surface area (Å²) in [6, 6.07) is 9.65. The van der Waals surface area contributed by atoms with Gasteiger partial charge in [0.15, 0.2) is 0 Å². The van der Waals surface area contributed by atoms with Gasteiger partial charge in [0.25, 0.3) is 0 Å². The summed E-state index contributed by atoms with van der Waals surface area (Å²) in [6.45, 7) is 4.26. The average Bonchev–Trinajstić information content (AvgIpc) is 2.34. The zero-order valence-corrected chi connectivity index (χ0v) is 10.6. The molecule has 0 amide bonds. The summed E-state index contributed by atoms with van der Waals surface area (Å²) in [7, 11) is 0. The van der Waals surface area contributed by atoms with Gasteiger partial charge in [0, 0.05) is 0 Å². The second kappa shape index (κ2) is 7.07. The number of carbonyl (C=O) groups is 1. The van der Waals surface area contributed by atoms with Gasteiger partial charge in [-0.2, -0.15) is 0 Å². The maximum atomic E-state index is 11.4. The summed E-state index contributed by atoms with van der Waals surface area (Å²) in [5.74, 6) is -0.176. The number of nitrogens with two attached hydrogens (primary N) is 1. The van der Waals surface area contributed by atoms with E-state index in [1.165, 1.54) is 5.56 Å². The van der Waals surface area contributed by atoms with Crippen LogP contribution in [0.2, 0.25) is 0 Å². The molecule has 3 heteroatoms. The smallest absolute Gasteiger partial charge is 0.323 e. The van der Waals surface area contributed by atoms with Crippen LogP contribution in [-0.2, 0) is 16.0 Å². The van der Waals surface area contributed by atoms with Gasteiger partial charge in [-0.15, -0.1) is 0 Å². The van der Waals surface area contributed by atoms with Crippen LogP contribution in [0.1, 0.15) is 25.8 Å². The highest BCUT2D eigenvalue weighted by atomic mass is 16.5. The number of hydrogen-bond acceptors (Lipinski definition) is 3. The summed E-state index contributed by atoms with van der Waals surface area (Å²) in [5, 5.41) is 0. The number of benzene rings is 1.